The van der Waals surface area contributed by atoms with Gasteiger partial charge in [0.15, 0.2) is 0 Å². The molecule has 1 aliphatic heterocycles. The number of aromatic amines is 1. The molecular weight excluding hydrogens is 206 g/mol. The smallest absolute Gasteiger partial charge is 0.254 e. The van der Waals surface area contributed by atoms with Crippen molar-refractivity contribution in [1.29, 1.82) is 0 Å². The Hall–Kier alpha value is -1.36. The van der Waals surface area contributed by atoms with E-state index in [1.54, 1.807) is 24.3 Å². The van der Waals surface area contributed by atoms with E-state index in [-0.39, 0.29) is 5.91 Å². The summed E-state index contributed by atoms with van der Waals surface area (Å²) in [5.74, 6) is 0.818. The van der Waals surface area contributed by atoms with E-state index in [1.165, 1.54) is 0 Å². The number of amides is 1. The van der Waals surface area contributed by atoms with Gasteiger partial charge in [0.05, 0.1) is 6.54 Å². The standard InChI is InChI=1S/C11H17N3O2/c1-11(4-3-7-16-11)10(15)14(2)8-9-12-5-6-13-9/h5-6H,3-4,7-8H2,1-2H3,(H,12,13). The van der Waals surface area contributed by atoms with Crippen LogP contribution in [0, 0.1) is 0 Å². The minimum atomic E-state index is -0.638. The van der Waals surface area contributed by atoms with E-state index < -0.39 is 5.60 Å². The van der Waals surface area contributed by atoms with Crippen molar-refractivity contribution < 1.29 is 9.53 Å². The molecule has 0 aliphatic carbocycles. The zero-order chi connectivity index (χ0) is 11.6. The highest BCUT2D eigenvalue weighted by atomic mass is 16.5. The van der Waals surface area contributed by atoms with Gasteiger partial charge in [-0.15, -0.1) is 0 Å². The summed E-state index contributed by atoms with van der Waals surface area (Å²) < 4.78 is 5.52. The highest BCUT2D eigenvalue weighted by molar-refractivity contribution is 5.84. The molecule has 16 heavy (non-hydrogen) atoms. The molecule has 1 saturated heterocycles. The number of hydrogen-bond acceptors (Lipinski definition) is 3. The number of H-pyrrole nitrogens is 1. The molecule has 1 fully saturated rings. The maximum atomic E-state index is 12.2. The topological polar surface area (TPSA) is 58.2 Å². The lowest BCUT2D eigenvalue weighted by atomic mass is 10.0. The monoisotopic (exact) mass is 223 g/mol. The second kappa shape index (κ2) is 4.25. The van der Waals surface area contributed by atoms with Gasteiger partial charge in [0.2, 0.25) is 0 Å². The van der Waals surface area contributed by atoms with Crippen LogP contribution in [0.5, 0.6) is 0 Å². The number of rotatable bonds is 3. The van der Waals surface area contributed by atoms with Crippen molar-refractivity contribution in [2.45, 2.75) is 31.9 Å². The second-order valence-electron chi connectivity index (χ2n) is 4.38. The predicted molar refractivity (Wildman–Crippen MR) is 58.7 cm³/mol. The Morgan fingerprint density at radius 2 is 2.56 bits per heavy atom. The van der Waals surface area contributed by atoms with E-state index in [4.69, 9.17) is 4.74 Å². The summed E-state index contributed by atoms with van der Waals surface area (Å²) in [6, 6.07) is 0. The van der Waals surface area contributed by atoms with Crippen molar-refractivity contribution in [2.24, 2.45) is 0 Å². The van der Waals surface area contributed by atoms with Crippen molar-refractivity contribution in [3.63, 3.8) is 0 Å². The lowest BCUT2D eigenvalue weighted by Gasteiger charge is -2.27. The SMILES string of the molecule is CN(Cc1ncc[nH]1)C(=O)C1(C)CCCO1. The average Bonchev–Trinajstić information content (AvgIpc) is 2.89. The van der Waals surface area contributed by atoms with Crippen molar-refractivity contribution in [3.05, 3.63) is 18.2 Å². The van der Waals surface area contributed by atoms with Crippen LogP contribution in [0.25, 0.3) is 0 Å². The molecule has 2 rings (SSSR count). The van der Waals surface area contributed by atoms with Gasteiger partial charge < -0.3 is 14.6 Å². The first-order valence-electron chi connectivity index (χ1n) is 5.49. The van der Waals surface area contributed by atoms with Gasteiger partial charge in [-0.2, -0.15) is 0 Å². The number of nitrogens with zero attached hydrogens (tertiary/aromatic N) is 2. The maximum absolute atomic E-state index is 12.2. The van der Waals surface area contributed by atoms with Gasteiger partial charge >= 0.3 is 0 Å². The molecule has 5 heteroatoms. The maximum Gasteiger partial charge on any atom is 0.254 e. The molecular formula is C11H17N3O2. The number of hydrogen-bond donors (Lipinski definition) is 1. The molecule has 1 unspecified atom stereocenters. The fourth-order valence-corrected chi connectivity index (χ4v) is 2.03. The van der Waals surface area contributed by atoms with Crippen molar-refractivity contribution in [2.75, 3.05) is 13.7 Å². The Kier molecular flexibility index (Phi) is 2.96. The van der Waals surface area contributed by atoms with Crippen LogP contribution in [0.15, 0.2) is 12.4 Å². The lowest BCUT2D eigenvalue weighted by Crippen LogP contribution is -2.44. The largest absolute Gasteiger partial charge is 0.365 e. The number of carbonyl (C=O) groups excluding carboxylic acids is 1. The third-order valence-corrected chi connectivity index (χ3v) is 2.96. The summed E-state index contributed by atoms with van der Waals surface area (Å²) in [7, 11) is 1.78. The minimum Gasteiger partial charge on any atom is -0.365 e. The Morgan fingerprint density at radius 1 is 1.75 bits per heavy atom. The average molecular weight is 223 g/mol. The molecule has 1 amide bonds. The molecule has 1 aromatic rings. The lowest BCUT2D eigenvalue weighted by molar-refractivity contribution is -0.150. The molecule has 0 bridgehead atoms. The number of aromatic nitrogens is 2. The molecule has 0 aromatic carbocycles. The Labute approximate surface area is 94.8 Å². The Balaban J connectivity index is 1.99. The number of imidazole rings is 1. The van der Waals surface area contributed by atoms with E-state index in [2.05, 4.69) is 9.97 Å². The Bertz CT molecular complexity index is 355. The van der Waals surface area contributed by atoms with Crippen LogP contribution in [0.2, 0.25) is 0 Å². The van der Waals surface area contributed by atoms with Crippen molar-refractivity contribution >= 4 is 5.91 Å². The van der Waals surface area contributed by atoms with E-state index in [0.717, 1.165) is 18.7 Å². The zero-order valence-electron chi connectivity index (χ0n) is 9.69. The van der Waals surface area contributed by atoms with Gasteiger partial charge in [-0.05, 0) is 19.8 Å². The van der Waals surface area contributed by atoms with E-state index in [9.17, 15) is 4.79 Å². The summed E-state index contributed by atoms with van der Waals surface area (Å²) in [5.41, 5.74) is -0.638. The van der Waals surface area contributed by atoms with E-state index in [1.807, 2.05) is 6.92 Å². The van der Waals surface area contributed by atoms with Gasteiger partial charge in [0.25, 0.3) is 5.91 Å². The first-order valence-corrected chi connectivity index (χ1v) is 5.49. The minimum absolute atomic E-state index is 0.0291. The fraction of sp³-hybridized carbons (Fsp3) is 0.636. The van der Waals surface area contributed by atoms with Crippen LogP contribution in [-0.4, -0.2) is 40.0 Å². The molecule has 1 atom stereocenters. The zero-order valence-corrected chi connectivity index (χ0v) is 9.69. The summed E-state index contributed by atoms with van der Waals surface area (Å²) in [6.45, 7) is 3.03. The van der Waals surface area contributed by atoms with Crippen molar-refractivity contribution in [1.82, 2.24) is 14.9 Å². The molecule has 0 radical (unpaired) electrons. The molecule has 1 aliphatic rings. The number of ether oxygens (including phenoxy) is 1. The summed E-state index contributed by atoms with van der Waals surface area (Å²) >= 11 is 0. The molecule has 0 saturated carbocycles. The van der Waals surface area contributed by atoms with Crippen LogP contribution in [0.1, 0.15) is 25.6 Å². The first kappa shape index (κ1) is 11.1. The van der Waals surface area contributed by atoms with E-state index >= 15 is 0 Å². The number of nitrogens with one attached hydrogen (secondary N) is 1. The third kappa shape index (κ3) is 2.09. The van der Waals surface area contributed by atoms with Gasteiger partial charge in [0, 0.05) is 26.0 Å². The number of likely N-dealkylation sites (N-methyl/N-ethyl adjacent to an activating group) is 1. The molecule has 5 nitrogen and oxygen atoms in total. The summed E-state index contributed by atoms with van der Waals surface area (Å²) in [4.78, 5) is 20.9. The van der Waals surface area contributed by atoms with Gasteiger partial charge in [-0.1, -0.05) is 0 Å². The van der Waals surface area contributed by atoms with Crippen LogP contribution in [0.4, 0.5) is 0 Å². The fourth-order valence-electron chi connectivity index (χ4n) is 2.03. The third-order valence-electron chi connectivity index (χ3n) is 2.96. The van der Waals surface area contributed by atoms with Gasteiger partial charge in [0.1, 0.15) is 11.4 Å². The molecule has 1 N–H and O–H groups in total. The summed E-state index contributed by atoms with van der Waals surface area (Å²) in [6.07, 6.45) is 5.19. The highest BCUT2D eigenvalue weighted by Crippen LogP contribution is 2.27. The van der Waals surface area contributed by atoms with Crippen LogP contribution in [0.3, 0.4) is 0 Å². The van der Waals surface area contributed by atoms with Crippen LogP contribution in [-0.2, 0) is 16.1 Å². The first-order chi connectivity index (χ1) is 7.62. The molecule has 1 aromatic heterocycles. The van der Waals surface area contributed by atoms with E-state index in [0.29, 0.717) is 13.2 Å². The molecule has 2 heterocycles. The van der Waals surface area contributed by atoms with Gasteiger partial charge in [-0.3, -0.25) is 4.79 Å². The van der Waals surface area contributed by atoms with Crippen molar-refractivity contribution in [3.8, 4) is 0 Å². The quantitative estimate of drug-likeness (QED) is 0.829. The molecule has 88 valence electrons. The normalized spacial score (nSPS) is 24.6. The second-order valence-corrected chi connectivity index (χ2v) is 4.38. The highest BCUT2D eigenvalue weighted by Gasteiger charge is 2.39. The number of carbonyl (C=O) groups is 1. The van der Waals surface area contributed by atoms with Crippen LogP contribution >= 0.6 is 0 Å². The van der Waals surface area contributed by atoms with Crippen LogP contribution < -0.4 is 0 Å². The molecule has 0 spiro atoms. The van der Waals surface area contributed by atoms with Gasteiger partial charge in [-0.25, -0.2) is 4.98 Å². The Morgan fingerprint density at radius 3 is 3.12 bits per heavy atom. The summed E-state index contributed by atoms with van der Waals surface area (Å²) in [5, 5.41) is 0. The predicted octanol–water partition coefficient (Wildman–Crippen LogP) is 0.937.